The number of carbonyl (C=O) groups excluding carboxylic acids is 1. The lowest BCUT2D eigenvalue weighted by Crippen LogP contribution is -2.25. The Morgan fingerprint density at radius 3 is 2.41 bits per heavy atom. The molecule has 0 saturated carbocycles. The number of aromatic nitrogens is 2. The number of para-hydroxylation sites is 1. The summed E-state index contributed by atoms with van der Waals surface area (Å²) in [5, 5.41) is 6.58. The molecule has 1 aromatic heterocycles. The van der Waals surface area contributed by atoms with Crippen molar-refractivity contribution < 1.29 is 9.53 Å². The lowest BCUT2D eigenvalue weighted by Gasteiger charge is -2.25. The third kappa shape index (κ3) is 2.53. The second-order valence-corrected chi connectivity index (χ2v) is 7.87. The van der Waals surface area contributed by atoms with Crippen LogP contribution >= 0.6 is 0 Å². The van der Waals surface area contributed by atoms with E-state index in [9.17, 15) is 9.59 Å². The highest BCUT2D eigenvalue weighted by Gasteiger charge is 2.42. The van der Waals surface area contributed by atoms with Gasteiger partial charge in [0.25, 0.3) is 5.56 Å². The van der Waals surface area contributed by atoms with Gasteiger partial charge in [-0.1, -0.05) is 54.6 Å². The Hall–Kier alpha value is -4.32. The molecule has 0 radical (unpaired) electrons. The number of rotatable bonds is 3. The van der Waals surface area contributed by atoms with Gasteiger partial charge >= 0.3 is 0 Å². The molecule has 2 aliphatic rings. The van der Waals surface area contributed by atoms with Crippen molar-refractivity contribution in [3.63, 3.8) is 0 Å². The highest BCUT2D eigenvalue weighted by molar-refractivity contribution is 6.23. The number of aromatic amines is 1. The summed E-state index contributed by atoms with van der Waals surface area (Å²) in [7, 11) is 1.60. The van der Waals surface area contributed by atoms with Gasteiger partial charge in [-0.3, -0.25) is 14.7 Å². The van der Waals surface area contributed by atoms with Gasteiger partial charge in [-0.25, -0.2) is 4.68 Å². The molecule has 6 rings (SSSR count). The largest absolute Gasteiger partial charge is 0.497 e. The van der Waals surface area contributed by atoms with E-state index in [0.29, 0.717) is 28.3 Å². The summed E-state index contributed by atoms with van der Waals surface area (Å²) in [4.78, 5) is 27.2. The van der Waals surface area contributed by atoms with E-state index in [2.05, 4.69) is 10.4 Å². The molecule has 2 N–H and O–H groups in total. The molecule has 156 valence electrons. The first kappa shape index (κ1) is 18.4. The van der Waals surface area contributed by atoms with E-state index >= 15 is 0 Å². The van der Waals surface area contributed by atoms with Gasteiger partial charge in [0, 0.05) is 22.6 Å². The van der Waals surface area contributed by atoms with Crippen LogP contribution in [0, 0.1) is 0 Å². The number of carbonyl (C=O) groups is 1. The molecule has 0 amide bonds. The predicted octanol–water partition coefficient (Wildman–Crippen LogP) is 4.34. The van der Waals surface area contributed by atoms with Crippen LogP contribution < -0.4 is 15.6 Å². The van der Waals surface area contributed by atoms with Gasteiger partial charge < -0.3 is 10.1 Å². The van der Waals surface area contributed by atoms with Gasteiger partial charge in [0.15, 0.2) is 5.78 Å². The normalized spacial score (nSPS) is 16.3. The van der Waals surface area contributed by atoms with E-state index in [0.717, 1.165) is 22.5 Å². The van der Waals surface area contributed by atoms with Crippen LogP contribution in [0.1, 0.15) is 33.0 Å². The SMILES string of the molecule is COc1cccc(C2C3=C(Nc4[nH]n(-c5ccccc5)c(=O)c42)c2ccccc2C3=O)c1. The van der Waals surface area contributed by atoms with Gasteiger partial charge in [-0.15, -0.1) is 0 Å². The zero-order valence-corrected chi connectivity index (χ0v) is 17.3. The number of hydrogen-bond acceptors (Lipinski definition) is 4. The summed E-state index contributed by atoms with van der Waals surface area (Å²) in [5.41, 5.74) is 4.70. The van der Waals surface area contributed by atoms with Crippen molar-refractivity contribution in [1.29, 1.82) is 0 Å². The lowest BCUT2D eigenvalue weighted by molar-refractivity contribution is 0.103. The Balaban J connectivity index is 1.63. The number of fused-ring (bicyclic) bond motifs is 3. The first-order valence-electron chi connectivity index (χ1n) is 10.4. The Bertz CT molecular complexity index is 1480. The van der Waals surface area contributed by atoms with Crippen LogP contribution in [-0.2, 0) is 0 Å². The van der Waals surface area contributed by atoms with Crippen LogP contribution in [0.5, 0.6) is 5.75 Å². The number of methoxy groups -OCH3 is 1. The molecule has 6 nitrogen and oxygen atoms in total. The molecule has 0 spiro atoms. The molecule has 0 bridgehead atoms. The second-order valence-electron chi connectivity index (χ2n) is 7.87. The van der Waals surface area contributed by atoms with Crippen molar-refractivity contribution in [3.8, 4) is 11.4 Å². The summed E-state index contributed by atoms with van der Waals surface area (Å²) in [6.07, 6.45) is 0. The van der Waals surface area contributed by atoms with Crippen LogP contribution in [0.4, 0.5) is 5.82 Å². The molecular weight excluding hydrogens is 402 g/mol. The number of anilines is 1. The monoisotopic (exact) mass is 421 g/mol. The van der Waals surface area contributed by atoms with Crippen molar-refractivity contribution in [1.82, 2.24) is 9.78 Å². The van der Waals surface area contributed by atoms with E-state index in [1.165, 1.54) is 4.68 Å². The second kappa shape index (κ2) is 6.85. The highest BCUT2D eigenvalue weighted by Crippen LogP contribution is 2.48. The quantitative estimate of drug-likeness (QED) is 0.516. The predicted molar refractivity (Wildman–Crippen MR) is 123 cm³/mol. The van der Waals surface area contributed by atoms with E-state index < -0.39 is 5.92 Å². The van der Waals surface area contributed by atoms with Crippen LogP contribution in [0.2, 0.25) is 0 Å². The first-order chi connectivity index (χ1) is 15.7. The molecule has 0 saturated heterocycles. The van der Waals surface area contributed by atoms with E-state index in [1.807, 2.05) is 78.9 Å². The smallest absolute Gasteiger partial charge is 0.277 e. The fourth-order valence-electron chi connectivity index (χ4n) is 4.71. The van der Waals surface area contributed by atoms with Crippen molar-refractivity contribution in [3.05, 3.63) is 117 Å². The molecule has 3 aromatic carbocycles. The molecule has 1 atom stereocenters. The summed E-state index contributed by atoms with van der Waals surface area (Å²) in [6.45, 7) is 0. The highest BCUT2D eigenvalue weighted by atomic mass is 16.5. The average Bonchev–Trinajstić information content (AvgIpc) is 3.33. The molecule has 4 aromatic rings. The number of nitrogens with zero attached hydrogens (tertiary/aromatic N) is 1. The average molecular weight is 421 g/mol. The minimum Gasteiger partial charge on any atom is -0.497 e. The number of benzene rings is 3. The zero-order chi connectivity index (χ0) is 21.8. The Morgan fingerprint density at radius 2 is 1.62 bits per heavy atom. The van der Waals surface area contributed by atoms with E-state index in [1.54, 1.807) is 7.11 Å². The molecule has 0 fully saturated rings. The van der Waals surface area contributed by atoms with Crippen molar-refractivity contribution in [2.45, 2.75) is 5.92 Å². The maximum atomic E-state index is 13.6. The molecule has 32 heavy (non-hydrogen) atoms. The number of Topliss-reactive ketones (excluding diaryl/α,β-unsaturated/α-hetero) is 1. The van der Waals surface area contributed by atoms with Crippen molar-refractivity contribution in [2.24, 2.45) is 0 Å². The number of ether oxygens (including phenoxy) is 1. The lowest BCUT2D eigenvalue weighted by atomic mass is 9.82. The molecule has 1 aliphatic heterocycles. The number of allylic oxidation sites excluding steroid dienone is 1. The van der Waals surface area contributed by atoms with Crippen LogP contribution in [0.15, 0.2) is 89.2 Å². The molecule has 6 heteroatoms. The Morgan fingerprint density at radius 1 is 0.875 bits per heavy atom. The third-order valence-electron chi connectivity index (χ3n) is 6.15. The first-order valence-corrected chi connectivity index (χ1v) is 10.4. The van der Waals surface area contributed by atoms with E-state index in [4.69, 9.17) is 4.74 Å². The van der Waals surface area contributed by atoms with E-state index in [-0.39, 0.29) is 11.3 Å². The number of hydrogen-bond donors (Lipinski definition) is 2. The molecular formula is C26H19N3O3. The summed E-state index contributed by atoms with van der Waals surface area (Å²) >= 11 is 0. The van der Waals surface area contributed by atoms with Gasteiger partial charge in [0.05, 0.1) is 24.1 Å². The Kier molecular flexibility index (Phi) is 3.95. The van der Waals surface area contributed by atoms with Crippen LogP contribution in [-0.4, -0.2) is 22.7 Å². The zero-order valence-electron chi connectivity index (χ0n) is 17.3. The maximum Gasteiger partial charge on any atom is 0.277 e. The molecule has 1 unspecified atom stereocenters. The topological polar surface area (TPSA) is 76.1 Å². The minimum atomic E-state index is -0.523. The number of nitrogens with one attached hydrogen (secondary N) is 2. The molecule has 1 aliphatic carbocycles. The number of H-pyrrole nitrogens is 1. The maximum absolute atomic E-state index is 13.6. The summed E-state index contributed by atoms with van der Waals surface area (Å²) in [6, 6.07) is 24.5. The van der Waals surface area contributed by atoms with Crippen LogP contribution in [0.25, 0.3) is 11.4 Å². The van der Waals surface area contributed by atoms with Crippen LogP contribution in [0.3, 0.4) is 0 Å². The summed E-state index contributed by atoms with van der Waals surface area (Å²) in [5.74, 6) is 0.680. The standard InChI is InChI=1S/C26H19N3O3/c1-32-17-11-7-8-15(14-17)20-21-23(18-12-5-6-13-19(18)24(21)30)27-25-22(20)26(31)29(28-25)16-9-3-2-4-10-16/h2-14,20,27-28H,1H3. The van der Waals surface area contributed by atoms with Gasteiger partial charge in [0.2, 0.25) is 0 Å². The number of ketones is 1. The minimum absolute atomic E-state index is 0.0616. The van der Waals surface area contributed by atoms with Gasteiger partial charge in [-0.05, 0) is 29.8 Å². The summed E-state index contributed by atoms with van der Waals surface area (Å²) < 4.78 is 6.95. The fraction of sp³-hybridized carbons (Fsp3) is 0.0769. The van der Waals surface area contributed by atoms with Gasteiger partial charge in [0.1, 0.15) is 11.6 Å². The third-order valence-corrected chi connectivity index (χ3v) is 6.15. The van der Waals surface area contributed by atoms with Crippen molar-refractivity contribution >= 4 is 17.3 Å². The fourth-order valence-corrected chi connectivity index (χ4v) is 4.71. The Labute approximate surface area is 183 Å². The molecule has 2 heterocycles. The van der Waals surface area contributed by atoms with Gasteiger partial charge in [-0.2, -0.15) is 0 Å². The van der Waals surface area contributed by atoms with Crippen molar-refractivity contribution in [2.75, 3.05) is 12.4 Å².